The van der Waals surface area contributed by atoms with Crippen LogP contribution in [0.5, 0.6) is 0 Å². The van der Waals surface area contributed by atoms with Gasteiger partial charge in [-0.3, -0.25) is 4.98 Å². The van der Waals surface area contributed by atoms with E-state index in [0.717, 1.165) is 5.56 Å². The molecule has 1 heterocycles. The molecule has 1 aromatic carbocycles. The zero-order valence-corrected chi connectivity index (χ0v) is 14.0. The van der Waals surface area contributed by atoms with Gasteiger partial charge in [-0.15, -0.1) is 0 Å². The maximum absolute atomic E-state index is 12.4. The van der Waals surface area contributed by atoms with Crippen LogP contribution in [-0.2, 0) is 21.3 Å². The number of sulfonamides is 1. The fourth-order valence-corrected chi connectivity index (χ4v) is 4.30. The SMILES string of the molecule is COC(=O)c1cncc(CNS(=O)(=O)[C@@H]2C[C@H]2c2ccccc2)c1. The first-order chi connectivity index (χ1) is 11.5. The number of benzene rings is 1. The van der Waals surface area contributed by atoms with Crippen molar-refractivity contribution in [3.05, 3.63) is 65.5 Å². The van der Waals surface area contributed by atoms with E-state index < -0.39 is 21.2 Å². The lowest BCUT2D eigenvalue weighted by atomic mass is 10.1. The van der Waals surface area contributed by atoms with Gasteiger partial charge >= 0.3 is 5.97 Å². The van der Waals surface area contributed by atoms with Crippen LogP contribution in [0, 0.1) is 0 Å². The van der Waals surface area contributed by atoms with Crippen LogP contribution in [0.3, 0.4) is 0 Å². The molecule has 7 heteroatoms. The maximum Gasteiger partial charge on any atom is 0.339 e. The normalized spacial score (nSPS) is 19.7. The van der Waals surface area contributed by atoms with Crippen LogP contribution >= 0.6 is 0 Å². The van der Waals surface area contributed by atoms with E-state index >= 15 is 0 Å². The number of hydrogen-bond acceptors (Lipinski definition) is 5. The average Bonchev–Trinajstić information content (AvgIpc) is 3.42. The standard InChI is InChI=1S/C17H18N2O4S/c1-23-17(20)14-7-12(9-18-11-14)10-19-24(21,22)16-8-15(16)13-5-3-2-4-6-13/h2-7,9,11,15-16,19H,8,10H2,1H3/t15-,16+/m0/s1. The van der Waals surface area contributed by atoms with Gasteiger partial charge in [0.1, 0.15) is 0 Å². The number of hydrogen-bond donors (Lipinski definition) is 1. The Labute approximate surface area is 140 Å². The molecule has 1 fully saturated rings. The average molecular weight is 346 g/mol. The Morgan fingerprint density at radius 1 is 1.29 bits per heavy atom. The number of nitrogens with one attached hydrogen (secondary N) is 1. The van der Waals surface area contributed by atoms with Gasteiger partial charge in [0.05, 0.1) is 17.9 Å². The molecule has 2 atom stereocenters. The summed E-state index contributed by atoms with van der Waals surface area (Å²) in [6, 6.07) is 11.2. The van der Waals surface area contributed by atoms with Crippen molar-refractivity contribution in [2.24, 2.45) is 0 Å². The summed E-state index contributed by atoms with van der Waals surface area (Å²) in [7, 11) is -2.13. The van der Waals surface area contributed by atoms with Crippen molar-refractivity contribution >= 4 is 16.0 Å². The number of carbonyl (C=O) groups is 1. The highest BCUT2D eigenvalue weighted by atomic mass is 32.2. The van der Waals surface area contributed by atoms with Gasteiger partial charge in [-0.2, -0.15) is 0 Å². The van der Waals surface area contributed by atoms with Crippen LogP contribution in [0.2, 0.25) is 0 Å². The lowest BCUT2D eigenvalue weighted by Gasteiger charge is -2.07. The molecule has 1 N–H and O–H groups in total. The monoisotopic (exact) mass is 346 g/mol. The third-order valence-corrected chi connectivity index (χ3v) is 5.92. The second-order valence-corrected chi connectivity index (χ2v) is 7.72. The summed E-state index contributed by atoms with van der Waals surface area (Å²) in [6.45, 7) is 0.0954. The van der Waals surface area contributed by atoms with Gasteiger partial charge in [-0.1, -0.05) is 30.3 Å². The van der Waals surface area contributed by atoms with Crippen LogP contribution in [0.1, 0.15) is 33.8 Å². The Balaban J connectivity index is 1.63. The Morgan fingerprint density at radius 3 is 2.75 bits per heavy atom. The summed E-state index contributed by atoms with van der Waals surface area (Å²) in [5, 5.41) is -0.406. The molecular weight excluding hydrogens is 328 g/mol. The second-order valence-electron chi connectivity index (χ2n) is 5.73. The minimum Gasteiger partial charge on any atom is -0.465 e. The van der Waals surface area contributed by atoms with E-state index in [1.165, 1.54) is 19.5 Å². The van der Waals surface area contributed by atoms with Crippen molar-refractivity contribution in [1.29, 1.82) is 0 Å². The molecule has 1 aromatic heterocycles. The van der Waals surface area contributed by atoms with Crippen LogP contribution in [0.15, 0.2) is 48.8 Å². The Kier molecular flexibility index (Phi) is 4.64. The first kappa shape index (κ1) is 16.6. The third kappa shape index (κ3) is 3.63. The molecule has 1 saturated carbocycles. The molecule has 0 bridgehead atoms. The van der Waals surface area contributed by atoms with Crippen molar-refractivity contribution < 1.29 is 17.9 Å². The molecule has 0 radical (unpaired) electrons. The molecule has 0 aliphatic heterocycles. The molecule has 3 rings (SSSR count). The summed E-state index contributed by atoms with van der Waals surface area (Å²) in [4.78, 5) is 15.4. The molecular formula is C17H18N2O4S. The van der Waals surface area contributed by atoms with E-state index in [4.69, 9.17) is 0 Å². The predicted octanol–water partition coefficient (Wildman–Crippen LogP) is 1.84. The van der Waals surface area contributed by atoms with Crippen molar-refractivity contribution in [3.8, 4) is 0 Å². The molecule has 0 saturated heterocycles. The fourth-order valence-electron chi connectivity index (χ4n) is 2.67. The molecule has 0 spiro atoms. The third-order valence-electron chi connectivity index (χ3n) is 4.05. The quantitative estimate of drug-likeness (QED) is 0.807. The first-order valence-corrected chi connectivity index (χ1v) is 9.11. The Bertz CT molecular complexity index is 837. The van der Waals surface area contributed by atoms with Gasteiger partial charge in [0.15, 0.2) is 0 Å². The largest absolute Gasteiger partial charge is 0.465 e. The summed E-state index contributed by atoms with van der Waals surface area (Å²) in [6.07, 6.45) is 3.53. The number of esters is 1. The van der Waals surface area contributed by atoms with E-state index in [0.29, 0.717) is 17.5 Å². The Hall–Kier alpha value is -2.25. The van der Waals surface area contributed by atoms with Gasteiger partial charge in [-0.25, -0.2) is 17.9 Å². The van der Waals surface area contributed by atoms with Gasteiger partial charge < -0.3 is 4.74 Å². The minimum atomic E-state index is -3.42. The summed E-state index contributed by atoms with van der Waals surface area (Å²) in [5.74, 6) is -0.457. The zero-order valence-electron chi connectivity index (χ0n) is 13.2. The molecule has 1 aliphatic carbocycles. The van der Waals surface area contributed by atoms with E-state index in [9.17, 15) is 13.2 Å². The van der Waals surface area contributed by atoms with Gasteiger partial charge in [0, 0.05) is 24.9 Å². The molecule has 24 heavy (non-hydrogen) atoms. The first-order valence-electron chi connectivity index (χ1n) is 7.57. The molecule has 0 unspecified atom stereocenters. The summed E-state index contributed by atoms with van der Waals surface area (Å²) >= 11 is 0. The summed E-state index contributed by atoms with van der Waals surface area (Å²) in [5.41, 5.74) is 1.95. The number of rotatable bonds is 6. The van der Waals surface area contributed by atoms with Crippen LogP contribution in [0.4, 0.5) is 0 Å². The minimum absolute atomic E-state index is 0.0447. The number of carbonyl (C=O) groups excluding carboxylic acids is 1. The number of pyridine rings is 1. The van der Waals surface area contributed by atoms with Crippen LogP contribution < -0.4 is 4.72 Å². The van der Waals surface area contributed by atoms with Crippen molar-refractivity contribution in [2.45, 2.75) is 24.1 Å². The highest BCUT2D eigenvalue weighted by Crippen LogP contribution is 2.45. The van der Waals surface area contributed by atoms with Gasteiger partial charge in [-0.05, 0) is 23.6 Å². The summed E-state index contributed by atoms with van der Waals surface area (Å²) < 4.78 is 32.0. The van der Waals surface area contributed by atoms with E-state index in [1.54, 1.807) is 6.07 Å². The van der Waals surface area contributed by atoms with Crippen LogP contribution in [-0.4, -0.2) is 31.7 Å². The van der Waals surface area contributed by atoms with Crippen molar-refractivity contribution in [1.82, 2.24) is 9.71 Å². The smallest absolute Gasteiger partial charge is 0.339 e. The second kappa shape index (κ2) is 6.70. The maximum atomic E-state index is 12.4. The fraction of sp³-hybridized carbons (Fsp3) is 0.294. The number of aromatic nitrogens is 1. The predicted molar refractivity (Wildman–Crippen MR) is 88.9 cm³/mol. The van der Waals surface area contributed by atoms with E-state index in [2.05, 4.69) is 14.4 Å². The topological polar surface area (TPSA) is 85.4 Å². The molecule has 2 aromatic rings. The number of ether oxygens (including phenoxy) is 1. The van der Waals surface area contributed by atoms with E-state index in [-0.39, 0.29) is 12.5 Å². The van der Waals surface area contributed by atoms with E-state index in [1.807, 2.05) is 30.3 Å². The highest BCUT2D eigenvalue weighted by Gasteiger charge is 2.47. The molecule has 1 aliphatic rings. The van der Waals surface area contributed by atoms with Gasteiger partial charge in [0.2, 0.25) is 10.0 Å². The number of methoxy groups -OCH3 is 1. The Morgan fingerprint density at radius 2 is 2.04 bits per heavy atom. The number of nitrogens with zero attached hydrogens (tertiary/aromatic N) is 1. The highest BCUT2D eigenvalue weighted by molar-refractivity contribution is 7.90. The van der Waals surface area contributed by atoms with Crippen molar-refractivity contribution in [3.63, 3.8) is 0 Å². The van der Waals surface area contributed by atoms with Crippen molar-refractivity contribution in [2.75, 3.05) is 7.11 Å². The zero-order chi connectivity index (χ0) is 17.2. The lowest BCUT2D eigenvalue weighted by Crippen LogP contribution is -2.27. The van der Waals surface area contributed by atoms with Crippen LogP contribution in [0.25, 0.3) is 0 Å². The van der Waals surface area contributed by atoms with Gasteiger partial charge in [0.25, 0.3) is 0 Å². The lowest BCUT2D eigenvalue weighted by molar-refractivity contribution is 0.0600. The molecule has 126 valence electrons. The molecule has 0 amide bonds. The molecule has 6 nitrogen and oxygen atoms in total.